The van der Waals surface area contributed by atoms with Gasteiger partial charge in [0.1, 0.15) is 0 Å². The highest BCUT2D eigenvalue weighted by Crippen LogP contribution is 2.59. The summed E-state index contributed by atoms with van der Waals surface area (Å²) in [5.74, 6) is 2.34. The fourth-order valence-corrected chi connectivity index (χ4v) is 4.79. The van der Waals surface area contributed by atoms with Crippen LogP contribution in [0.4, 0.5) is 0 Å². The maximum Gasteiger partial charge on any atom is 0.0647 e. The van der Waals surface area contributed by atoms with E-state index in [0.29, 0.717) is 11.3 Å². The van der Waals surface area contributed by atoms with Crippen molar-refractivity contribution in [3.63, 3.8) is 0 Å². The van der Waals surface area contributed by atoms with Crippen LogP contribution in [0.1, 0.15) is 73.6 Å². The van der Waals surface area contributed by atoms with E-state index in [4.69, 9.17) is 0 Å². The fraction of sp³-hybridized carbons (Fsp3) is 1.00. The molecule has 0 amide bonds. The molecule has 18 heavy (non-hydrogen) atoms. The molecule has 1 nitrogen and oxygen atoms in total. The third-order valence-corrected chi connectivity index (χ3v) is 6.75. The normalized spacial score (nSPS) is 44.5. The van der Waals surface area contributed by atoms with Crippen molar-refractivity contribution in [1.82, 2.24) is 0 Å². The van der Waals surface area contributed by atoms with Crippen LogP contribution in [0.2, 0.25) is 0 Å². The minimum atomic E-state index is -0.565. The highest BCUT2D eigenvalue weighted by Gasteiger charge is 2.53. The standard InChI is InChI=1S/C17H32O/c1-12-10-13-8-7-9-15(2,3)14(13)11-17(12,6)16(4,5)18/h12-14,18H,7-11H2,1-6H3. The van der Waals surface area contributed by atoms with E-state index in [9.17, 15) is 5.11 Å². The van der Waals surface area contributed by atoms with Crippen LogP contribution in [-0.2, 0) is 0 Å². The van der Waals surface area contributed by atoms with Crippen molar-refractivity contribution in [3.8, 4) is 0 Å². The second kappa shape index (κ2) is 4.23. The van der Waals surface area contributed by atoms with Crippen molar-refractivity contribution in [2.75, 3.05) is 0 Å². The summed E-state index contributed by atoms with van der Waals surface area (Å²) in [5, 5.41) is 10.6. The lowest BCUT2D eigenvalue weighted by atomic mass is 9.48. The Bertz CT molecular complexity index is 312. The molecule has 0 aromatic heterocycles. The molecule has 4 unspecified atom stereocenters. The SMILES string of the molecule is CC1CC2CCCC(C)(C)C2CC1(C)C(C)(C)O. The van der Waals surface area contributed by atoms with E-state index < -0.39 is 5.60 Å². The molecule has 0 spiro atoms. The Kier molecular flexibility index (Phi) is 3.38. The van der Waals surface area contributed by atoms with E-state index in [-0.39, 0.29) is 5.41 Å². The average Bonchev–Trinajstić information content (AvgIpc) is 2.19. The second-order valence-electron chi connectivity index (χ2n) is 8.56. The molecule has 0 heterocycles. The summed E-state index contributed by atoms with van der Waals surface area (Å²) in [7, 11) is 0. The number of rotatable bonds is 1. The van der Waals surface area contributed by atoms with E-state index in [1.165, 1.54) is 32.1 Å². The van der Waals surface area contributed by atoms with Gasteiger partial charge in [-0.05, 0) is 61.7 Å². The van der Waals surface area contributed by atoms with Crippen LogP contribution in [0.5, 0.6) is 0 Å². The Hall–Kier alpha value is -0.0400. The molecule has 1 heteroatoms. The van der Waals surface area contributed by atoms with Crippen molar-refractivity contribution >= 4 is 0 Å². The van der Waals surface area contributed by atoms with Gasteiger partial charge in [-0.3, -0.25) is 0 Å². The first-order chi connectivity index (χ1) is 8.08. The van der Waals surface area contributed by atoms with Crippen molar-refractivity contribution in [1.29, 1.82) is 0 Å². The summed E-state index contributed by atoms with van der Waals surface area (Å²) in [6.45, 7) is 13.6. The monoisotopic (exact) mass is 252 g/mol. The van der Waals surface area contributed by atoms with Crippen LogP contribution < -0.4 is 0 Å². The van der Waals surface area contributed by atoms with Gasteiger partial charge in [-0.15, -0.1) is 0 Å². The molecule has 2 fully saturated rings. The minimum Gasteiger partial charge on any atom is -0.390 e. The van der Waals surface area contributed by atoms with E-state index >= 15 is 0 Å². The smallest absolute Gasteiger partial charge is 0.0647 e. The first-order valence-corrected chi connectivity index (χ1v) is 7.80. The molecule has 1 N–H and O–H groups in total. The van der Waals surface area contributed by atoms with E-state index in [2.05, 4.69) is 27.7 Å². The highest BCUT2D eigenvalue weighted by atomic mass is 16.3. The molecule has 0 aromatic carbocycles. The number of hydrogen-bond acceptors (Lipinski definition) is 1. The van der Waals surface area contributed by atoms with E-state index in [0.717, 1.165) is 11.8 Å². The molecule has 4 atom stereocenters. The summed E-state index contributed by atoms with van der Waals surface area (Å²) >= 11 is 0. The van der Waals surface area contributed by atoms with Gasteiger partial charge in [0.05, 0.1) is 5.60 Å². The number of hydrogen-bond donors (Lipinski definition) is 1. The predicted molar refractivity (Wildman–Crippen MR) is 77.4 cm³/mol. The van der Waals surface area contributed by atoms with Gasteiger partial charge in [-0.1, -0.05) is 40.5 Å². The van der Waals surface area contributed by atoms with E-state index in [1.54, 1.807) is 0 Å². The molecule has 0 aromatic rings. The van der Waals surface area contributed by atoms with Crippen LogP contribution in [0.15, 0.2) is 0 Å². The predicted octanol–water partition coefficient (Wildman–Crippen LogP) is 4.64. The third-order valence-electron chi connectivity index (χ3n) is 6.75. The zero-order valence-electron chi connectivity index (χ0n) is 13.2. The average molecular weight is 252 g/mol. The van der Waals surface area contributed by atoms with Gasteiger partial charge in [0.25, 0.3) is 0 Å². The van der Waals surface area contributed by atoms with Crippen LogP contribution >= 0.6 is 0 Å². The lowest BCUT2D eigenvalue weighted by molar-refractivity contribution is -0.142. The van der Waals surface area contributed by atoms with Crippen molar-refractivity contribution in [2.45, 2.75) is 79.2 Å². The van der Waals surface area contributed by atoms with Crippen molar-refractivity contribution in [2.24, 2.45) is 28.6 Å². The quantitative estimate of drug-likeness (QED) is 0.721. The second-order valence-corrected chi connectivity index (χ2v) is 8.56. The maximum absolute atomic E-state index is 10.6. The van der Waals surface area contributed by atoms with E-state index in [1.807, 2.05) is 13.8 Å². The zero-order chi connectivity index (χ0) is 13.8. The van der Waals surface area contributed by atoms with Crippen LogP contribution in [0, 0.1) is 28.6 Å². The first kappa shape index (κ1) is 14.4. The van der Waals surface area contributed by atoms with Gasteiger partial charge in [-0.25, -0.2) is 0 Å². The first-order valence-electron chi connectivity index (χ1n) is 7.80. The topological polar surface area (TPSA) is 20.2 Å². The number of aliphatic hydroxyl groups is 1. The highest BCUT2D eigenvalue weighted by molar-refractivity contribution is 5.03. The molecule has 0 radical (unpaired) electrons. The lowest BCUT2D eigenvalue weighted by Gasteiger charge is -2.58. The molecule has 0 aliphatic heterocycles. The largest absolute Gasteiger partial charge is 0.390 e. The Morgan fingerprint density at radius 2 is 1.78 bits per heavy atom. The Morgan fingerprint density at radius 3 is 2.33 bits per heavy atom. The van der Waals surface area contributed by atoms with Gasteiger partial charge >= 0.3 is 0 Å². The molecule has 2 aliphatic rings. The van der Waals surface area contributed by atoms with Crippen LogP contribution in [-0.4, -0.2) is 10.7 Å². The molecule has 0 saturated heterocycles. The summed E-state index contributed by atoms with van der Waals surface area (Å²) in [5.41, 5.74) is -0.0245. The summed E-state index contributed by atoms with van der Waals surface area (Å²) in [4.78, 5) is 0. The van der Waals surface area contributed by atoms with Gasteiger partial charge in [0.2, 0.25) is 0 Å². The molecule has 0 bridgehead atoms. The Balaban J connectivity index is 2.29. The van der Waals surface area contributed by atoms with Crippen LogP contribution in [0.25, 0.3) is 0 Å². The van der Waals surface area contributed by atoms with Crippen molar-refractivity contribution < 1.29 is 5.11 Å². The molecule has 2 aliphatic carbocycles. The molecule has 2 rings (SSSR count). The summed E-state index contributed by atoms with van der Waals surface area (Å²) in [6.07, 6.45) is 6.70. The van der Waals surface area contributed by atoms with Crippen LogP contribution in [0.3, 0.4) is 0 Å². The van der Waals surface area contributed by atoms with Gasteiger partial charge < -0.3 is 5.11 Å². The zero-order valence-corrected chi connectivity index (χ0v) is 13.2. The van der Waals surface area contributed by atoms with Gasteiger partial charge in [0.15, 0.2) is 0 Å². The van der Waals surface area contributed by atoms with Crippen molar-refractivity contribution in [3.05, 3.63) is 0 Å². The fourth-order valence-electron chi connectivity index (χ4n) is 4.79. The molecule has 2 saturated carbocycles. The Labute approximate surface area is 113 Å². The summed E-state index contributed by atoms with van der Waals surface area (Å²) < 4.78 is 0. The molecular weight excluding hydrogens is 220 g/mol. The lowest BCUT2D eigenvalue weighted by Crippen LogP contribution is -2.54. The minimum absolute atomic E-state index is 0.0722. The molecule has 106 valence electrons. The summed E-state index contributed by atoms with van der Waals surface area (Å²) in [6, 6.07) is 0. The maximum atomic E-state index is 10.6. The van der Waals surface area contributed by atoms with Gasteiger partial charge in [-0.2, -0.15) is 0 Å². The third kappa shape index (κ3) is 2.13. The Morgan fingerprint density at radius 1 is 1.17 bits per heavy atom. The molecular formula is C17H32O. The number of fused-ring (bicyclic) bond motifs is 1. The van der Waals surface area contributed by atoms with Gasteiger partial charge in [0, 0.05) is 0 Å².